The van der Waals surface area contributed by atoms with E-state index in [1.54, 1.807) is 61.5 Å². The lowest BCUT2D eigenvalue weighted by atomic mass is 10.1. The monoisotopic (exact) mass is 589 g/mol. The van der Waals surface area contributed by atoms with E-state index in [2.05, 4.69) is 5.32 Å². The average Bonchev–Trinajstić information content (AvgIpc) is 2.90. The van der Waals surface area contributed by atoms with Crippen molar-refractivity contribution in [2.45, 2.75) is 51.6 Å². The molecule has 0 bridgehead atoms. The van der Waals surface area contributed by atoms with E-state index in [0.717, 1.165) is 21.9 Å². The van der Waals surface area contributed by atoms with Gasteiger partial charge in [0.05, 0.1) is 10.6 Å². The van der Waals surface area contributed by atoms with Crippen LogP contribution in [-0.2, 0) is 26.2 Å². The molecule has 2 amide bonds. The van der Waals surface area contributed by atoms with Crippen molar-refractivity contribution in [1.82, 2.24) is 10.2 Å². The number of halogens is 2. The molecule has 3 aromatic rings. The number of carbonyl (C=O) groups is 2. The smallest absolute Gasteiger partial charge is 0.264 e. The topological polar surface area (TPSA) is 86.8 Å². The Morgan fingerprint density at radius 3 is 1.97 bits per heavy atom. The van der Waals surface area contributed by atoms with E-state index >= 15 is 0 Å². The zero-order chi connectivity index (χ0) is 28.7. The van der Waals surface area contributed by atoms with Gasteiger partial charge in [0, 0.05) is 28.7 Å². The third-order valence-electron chi connectivity index (χ3n) is 6.32. The first-order valence-corrected chi connectivity index (χ1v) is 14.8. The molecular formula is C29H33Cl2N3O4S. The maximum Gasteiger partial charge on any atom is 0.264 e. The highest BCUT2D eigenvalue weighted by Crippen LogP contribution is 2.28. The van der Waals surface area contributed by atoms with Crippen molar-refractivity contribution in [2.75, 3.05) is 17.4 Å². The molecule has 0 fully saturated rings. The number of nitrogens with one attached hydrogen (secondary N) is 1. The van der Waals surface area contributed by atoms with Gasteiger partial charge in [-0.3, -0.25) is 13.9 Å². The summed E-state index contributed by atoms with van der Waals surface area (Å²) in [7, 11) is -4.13. The molecule has 1 N–H and O–H groups in total. The van der Waals surface area contributed by atoms with Crippen LogP contribution in [0, 0.1) is 13.8 Å². The molecule has 0 aliphatic carbocycles. The Kier molecular flexibility index (Phi) is 10.4. The van der Waals surface area contributed by atoms with Gasteiger partial charge >= 0.3 is 0 Å². The maximum absolute atomic E-state index is 13.9. The van der Waals surface area contributed by atoms with Crippen molar-refractivity contribution in [3.63, 3.8) is 0 Å². The second-order valence-electron chi connectivity index (χ2n) is 9.35. The van der Waals surface area contributed by atoms with Crippen molar-refractivity contribution in [2.24, 2.45) is 0 Å². The third-order valence-corrected chi connectivity index (χ3v) is 8.81. The molecule has 0 saturated carbocycles. The maximum atomic E-state index is 13.9. The number of sulfonamides is 1. The Morgan fingerprint density at radius 2 is 1.44 bits per heavy atom. The Morgan fingerprint density at radius 1 is 0.897 bits per heavy atom. The molecule has 0 aromatic heterocycles. The van der Waals surface area contributed by atoms with E-state index < -0.39 is 28.5 Å². The summed E-state index contributed by atoms with van der Waals surface area (Å²) in [6.45, 7) is 7.09. The normalized spacial score (nSPS) is 12.1. The molecule has 0 spiro atoms. The van der Waals surface area contributed by atoms with Gasteiger partial charge in [-0.2, -0.15) is 0 Å². The molecule has 208 valence electrons. The zero-order valence-corrected chi connectivity index (χ0v) is 24.8. The standard InChI is InChI=1S/C29H33Cl2N3O4S/c1-5-17-32-29(36)22(4)33(18-25-26(30)7-6-8-27(25)31)28(35)19-34(23-13-9-20(2)10-14-23)39(37,38)24-15-11-21(3)12-16-24/h6-16,22H,5,17-19H2,1-4H3,(H,32,36)/t22-/m1/s1. The minimum atomic E-state index is -4.13. The van der Waals surface area contributed by atoms with Crippen molar-refractivity contribution >= 4 is 50.7 Å². The van der Waals surface area contributed by atoms with Crippen LogP contribution in [0.4, 0.5) is 5.69 Å². The first kappa shape index (κ1) is 30.5. The molecule has 0 saturated heterocycles. The molecule has 1 atom stereocenters. The number of benzene rings is 3. The van der Waals surface area contributed by atoms with Crippen LogP contribution in [0.5, 0.6) is 0 Å². The Balaban J connectivity index is 2.05. The van der Waals surface area contributed by atoms with Gasteiger partial charge in [0.25, 0.3) is 10.0 Å². The summed E-state index contributed by atoms with van der Waals surface area (Å²) in [5.41, 5.74) is 2.64. The quantitative estimate of drug-likeness (QED) is 0.308. The van der Waals surface area contributed by atoms with Crippen LogP contribution >= 0.6 is 23.2 Å². The van der Waals surface area contributed by atoms with Crippen molar-refractivity contribution < 1.29 is 18.0 Å². The van der Waals surface area contributed by atoms with E-state index in [0.29, 0.717) is 27.8 Å². The SMILES string of the molecule is CCCNC(=O)[C@@H](C)N(Cc1c(Cl)cccc1Cl)C(=O)CN(c1ccc(C)cc1)S(=O)(=O)c1ccc(C)cc1. The van der Waals surface area contributed by atoms with E-state index in [-0.39, 0.29) is 17.3 Å². The molecule has 0 aliphatic heterocycles. The number of aryl methyl sites for hydroxylation is 2. The largest absolute Gasteiger partial charge is 0.354 e. The number of hydrogen-bond acceptors (Lipinski definition) is 4. The van der Waals surface area contributed by atoms with Gasteiger partial charge in [-0.15, -0.1) is 0 Å². The molecule has 0 heterocycles. The number of amides is 2. The Hall–Kier alpha value is -3.07. The van der Waals surface area contributed by atoms with Crippen LogP contribution in [-0.4, -0.2) is 44.3 Å². The van der Waals surface area contributed by atoms with Crippen LogP contribution in [0.25, 0.3) is 0 Å². The van der Waals surface area contributed by atoms with Crippen molar-refractivity contribution in [3.8, 4) is 0 Å². The number of nitrogens with zero attached hydrogens (tertiary/aromatic N) is 2. The summed E-state index contributed by atoms with van der Waals surface area (Å²) in [5.74, 6) is -0.946. The van der Waals surface area contributed by atoms with Gasteiger partial charge in [-0.25, -0.2) is 8.42 Å². The van der Waals surface area contributed by atoms with E-state index in [9.17, 15) is 18.0 Å². The van der Waals surface area contributed by atoms with Crippen molar-refractivity contribution in [3.05, 3.63) is 93.5 Å². The predicted octanol–water partition coefficient (Wildman–Crippen LogP) is 5.75. The number of hydrogen-bond donors (Lipinski definition) is 1. The summed E-state index contributed by atoms with van der Waals surface area (Å²) in [6.07, 6.45) is 0.721. The number of anilines is 1. The first-order valence-electron chi connectivity index (χ1n) is 12.6. The van der Waals surface area contributed by atoms with Crippen LogP contribution in [0.1, 0.15) is 37.0 Å². The summed E-state index contributed by atoms with van der Waals surface area (Å²) >= 11 is 12.8. The van der Waals surface area contributed by atoms with Crippen LogP contribution in [0.2, 0.25) is 10.0 Å². The molecule has 0 aliphatic rings. The fourth-order valence-electron chi connectivity index (χ4n) is 3.91. The van der Waals surface area contributed by atoms with E-state index in [4.69, 9.17) is 23.2 Å². The van der Waals surface area contributed by atoms with E-state index in [1.165, 1.54) is 17.0 Å². The van der Waals surface area contributed by atoms with Crippen molar-refractivity contribution in [1.29, 1.82) is 0 Å². The lowest BCUT2D eigenvalue weighted by Crippen LogP contribution is -2.51. The van der Waals surface area contributed by atoms with Crippen LogP contribution < -0.4 is 9.62 Å². The van der Waals surface area contributed by atoms with Gasteiger partial charge in [0.15, 0.2) is 0 Å². The first-order chi connectivity index (χ1) is 18.4. The predicted molar refractivity (Wildman–Crippen MR) is 157 cm³/mol. The fraction of sp³-hybridized carbons (Fsp3) is 0.310. The highest BCUT2D eigenvalue weighted by molar-refractivity contribution is 7.92. The molecule has 3 rings (SSSR count). The highest BCUT2D eigenvalue weighted by Gasteiger charge is 2.33. The Labute approximate surface area is 240 Å². The lowest BCUT2D eigenvalue weighted by molar-refractivity contribution is -0.139. The molecule has 10 heteroatoms. The minimum absolute atomic E-state index is 0.0518. The van der Waals surface area contributed by atoms with Gasteiger partial charge in [-0.1, -0.05) is 71.6 Å². The van der Waals surface area contributed by atoms with Crippen LogP contribution in [0.3, 0.4) is 0 Å². The Bertz CT molecular complexity index is 1390. The highest BCUT2D eigenvalue weighted by atomic mass is 35.5. The third kappa shape index (κ3) is 7.53. The molecule has 39 heavy (non-hydrogen) atoms. The van der Waals surface area contributed by atoms with E-state index in [1.807, 2.05) is 20.8 Å². The fourth-order valence-corrected chi connectivity index (χ4v) is 5.84. The van der Waals surface area contributed by atoms with Crippen LogP contribution in [0.15, 0.2) is 71.6 Å². The number of rotatable bonds is 11. The van der Waals surface area contributed by atoms with Gasteiger partial charge in [0.1, 0.15) is 12.6 Å². The minimum Gasteiger partial charge on any atom is -0.354 e. The lowest BCUT2D eigenvalue weighted by Gasteiger charge is -2.32. The molecule has 3 aromatic carbocycles. The summed E-state index contributed by atoms with van der Waals surface area (Å²) in [5, 5.41) is 3.48. The average molecular weight is 591 g/mol. The molecular weight excluding hydrogens is 557 g/mol. The second-order valence-corrected chi connectivity index (χ2v) is 12.0. The zero-order valence-electron chi connectivity index (χ0n) is 22.4. The summed E-state index contributed by atoms with van der Waals surface area (Å²) < 4.78 is 28.7. The summed E-state index contributed by atoms with van der Waals surface area (Å²) in [4.78, 5) is 28.2. The van der Waals surface area contributed by atoms with Gasteiger partial charge in [0.2, 0.25) is 11.8 Å². The van der Waals surface area contributed by atoms with Gasteiger partial charge < -0.3 is 10.2 Å². The second kappa shape index (κ2) is 13.3. The van der Waals surface area contributed by atoms with Gasteiger partial charge in [-0.05, 0) is 63.6 Å². The summed E-state index contributed by atoms with van der Waals surface area (Å²) in [6, 6.07) is 17.4. The number of carbonyl (C=O) groups excluding carboxylic acids is 2. The molecule has 0 radical (unpaired) electrons. The molecule has 0 unspecified atom stereocenters. The molecule has 7 nitrogen and oxygen atoms in total.